The summed E-state index contributed by atoms with van der Waals surface area (Å²) in [4.78, 5) is 28.4. The van der Waals surface area contributed by atoms with E-state index in [1.165, 1.54) is 6.92 Å². The first-order valence-electron chi connectivity index (χ1n) is 9.29. The number of Topliss-reactive ketones (excluding diaryl/α,β-unsaturated/α-hetero) is 1. The predicted octanol–water partition coefficient (Wildman–Crippen LogP) is 2.48. The molecule has 0 bridgehead atoms. The van der Waals surface area contributed by atoms with E-state index < -0.39 is 23.3 Å². The van der Waals surface area contributed by atoms with E-state index in [4.69, 9.17) is 5.73 Å². The van der Waals surface area contributed by atoms with Crippen LogP contribution in [0.4, 0.5) is 0 Å². The Hall–Kier alpha value is -2.69. The van der Waals surface area contributed by atoms with Gasteiger partial charge in [0.15, 0.2) is 0 Å². The maximum absolute atomic E-state index is 12.6. The summed E-state index contributed by atoms with van der Waals surface area (Å²) in [5.41, 5.74) is 7.32. The number of hydrogen-bond acceptors (Lipinski definition) is 6. The smallest absolute Gasteiger partial charge is 0.227 e. The third-order valence-corrected chi connectivity index (χ3v) is 6.41. The summed E-state index contributed by atoms with van der Waals surface area (Å²) < 4.78 is 0. The van der Waals surface area contributed by atoms with Crippen molar-refractivity contribution < 1.29 is 14.7 Å². The first-order chi connectivity index (χ1) is 13.7. The molecule has 1 heterocycles. The molecule has 3 N–H and O–H groups in total. The maximum atomic E-state index is 12.6. The Morgan fingerprint density at radius 1 is 1.38 bits per heavy atom. The summed E-state index contributed by atoms with van der Waals surface area (Å²) >= 11 is 1.11. The van der Waals surface area contributed by atoms with Gasteiger partial charge >= 0.3 is 0 Å². The number of aryl methyl sites for hydroxylation is 1. The van der Waals surface area contributed by atoms with Gasteiger partial charge in [-0.05, 0) is 37.5 Å². The number of aliphatic hydroxyl groups is 1. The standard InChI is InChI=1S/C22H23N3O3S/c1-12-18-15(16(10-23)21(25-12)29-11-17(24)27)9-22(3,28)20(13(2)26)19(18)14-7-5-4-6-8-14/h4-8,19-20,28H,9,11H2,1-3H3,(H2,24,27). The monoisotopic (exact) mass is 409 g/mol. The van der Waals surface area contributed by atoms with Gasteiger partial charge < -0.3 is 10.8 Å². The van der Waals surface area contributed by atoms with Crippen LogP contribution in [0.5, 0.6) is 0 Å². The molecule has 1 aromatic heterocycles. The van der Waals surface area contributed by atoms with Crippen LogP contribution in [0.25, 0.3) is 0 Å². The Bertz CT molecular complexity index is 1010. The molecule has 0 saturated heterocycles. The Labute approximate surface area is 174 Å². The molecular formula is C22H23N3O3S. The highest BCUT2D eigenvalue weighted by Gasteiger charge is 2.48. The number of ketones is 1. The van der Waals surface area contributed by atoms with Crippen molar-refractivity contribution in [3.05, 3.63) is 58.3 Å². The molecule has 3 rings (SSSR count). The molecule has 1 aromatic carbocycles. The van der Waals surface area contributed by atoms with E-state index in [-0.39, 0.29) is 18.0 Å². The molecule has 0 radical (unpaired) electrons. The maximum Gasteiger partial charge on any atom is 0.227 e. The fraction of sp³-hybridized carbons (Fsp3) is 0.364. The van der Waals surface area contributed by atoms with Crippen molar-refractivity contribution in [2.45, 2.75) is 43.7 Å². The summed E-state index contributed by atoms with van der Waals surface area (Å²) in [6.07, 6.45) is 0.159. The number of carbonyl (C=O) groups excluding carboxylic acids is 2. The lowest BCUT2D eigenvalue weighted by molar-refractivity contribution is -0.131. The number of benzene rings is 1. The number of nitriles is 1. The second-order valence-electron chi connectivity index (χ2n) is 7.65. The van der Waals surface area contributed by atoms with Gasteiger partial charge in [0.05, 0.1) is 22.8 Å². The average molecular weight is 410 g/mol. The number of carbonyl (C=O) groups is 2. The molecule has 3 unspecified atom stereocenters. The third kappa shape index (κ3) is 3.91. The molecule has 1 amide bonds. The molecule has 1 aliphatic carbocycles. The molecule has 0 saturated carbocycles. The minimum absolute atomic E-state index is 0.00842. The fourth-order valence-corrected chi connectivity index (χ4v) is 5.19. The number of fused-ring (bicyclic) bond motifs is 1. The summed E-state index contributed by atoms with van der Waals surface area (Å²) in [7, 11) is 0. The number of nitrogens with zero attached hydrogens (tertiary/aromatic N) is 2. The molecule has 3 atom stereocenters. The number of aromatic nitrogens is 1. The van der Waals surface area contributed by atoms with Crippen LogP contribution in [-0.2, 0) is 16.0 Å². The number of thioether (sulfide) groups is 1. The highest BCUT2D eigenvalue weighted by atomic mass is 32.2. The molecular weight excluding hydrogens is 386 g/mol. The zero-order valence-corrected chi connectivity index (χ0v) is 17.4. The minimum atomic E-state index is -1.33. The van der Waals surface area contributed by atoms with Gasteiger partial charge in [0, 0.05) is 18.0 Å². The number of nitrogens with two attached hydrogens (primary N) is 1. The van der Waals surface area contributed by atoms with Crippen LogP contribution in [0.15, 0.2) is 35.4 Å². The molecule has 6 nitrogen and oxygen atoms in total. The van der Waals surface area contributed by atoms with Crippen LogP contribution >= 0.6 is 11.8 Å². The molecule has 0 fully saturated rings. The second kappa shape index (κ2) is 7.97. The van der Waals surface area contributed by atoms with Crippen molar-refractivity contribution >= 4 is 23.5 Å². The number of pyridine rings is 1. The fourth-order valence-electron chi connectivity index (χ4n) is 4.39. The lowest BCUT2D eigenvalue weighted by atomic mass is 9.62. The first kappa shape index (κ1) is 21.0. The van der Waals surface area contributed by atoms with E-state index in [9.17, 15) is 20.0 Å². The first-order valence-corrected chi connectivity index (χ1v) is 10.3. The van der Waals surface area contributed by atoms with Crippen LogP contribution in [0.3, 0.4) is 0 Å². The van der Waals surface area contributed by atoms with Gasteiger partial charge in [-0.15, -0.1) is 0 Å². The van der Waals surface area contributed by atoms with Crippen LogP contribution in [-0.4, -0.2) is 33.1 Å². The summed E-state index contributed by atoms with van der Waals surface area (Å²) in [5.74, 6) is -1.67. The number of amides is 1. The zero-order chi connectivity index (χ0) is 21.3. The Morgan fingerprint density at radius 2 is 2.03 bits per heavy atom. The van der Waals surface area contributed by atoms with Crippen LogP contribution in [0, 0.1) is 24.2 Å². The topological polar surface area (TPSA) is 117 Å². The largest absolute Gasteiger partial charge is 0.389 e. The molecule has 0 aliphatic heterocycles. The third-order valence-electron chi connectivity index (χ3n) is 5.41. The SMILES string of the molecule is CC(=O)C1C(c2ccccc2)c2c(C)nc(SCC(N)=O)c(C#N)c2CC1(C)O. The normalized spacial score (nSPS) is 23.1. The van der Waals surface area contributed by atoms with Gasteiger partial charge in [0.2, 0.25) is 5.91 Å². The lowest BCUT2D eigenvalue weighted by Crippen LogP contribution is -2.48. The van der Waals surface area contributed by atoms with E-state index in [2.05, 4.69) is 11.1 Å². The Balaban J connectivity index is 2.30. The van der Waals surface area contributed by atoms with Crippen molar-refractivity contribution in [1.82, 2.24) is 4.98 Å². The summed E-state index contributed by atoms with van der Waals surface area (Å²) in [6, 6.07) is 11.7. The van der Waals surface area contributed by atoms with Gasteiger partial charge in [-0.25, -0.2) is 4.98 Å². The van der Waals surface area contributed by atoms with Gasteiger partial charge in [-0.1, -0.05) is 42.1 Å². The lowest BCUT2D eigenvalue weighted by Gasteiger charge is -2.43. The second-order valence-corrected chi connectivity index (χ2v) is 8.61. The van der Waals surface area contributed by atoms with Crippen molar-refractivity contribution in [1.29, 1.82) is 5.26 Å². The Morgan fingerprint density at radius 3 is 2.59 bits per heavy atom. The highest BCUT2D eigenvalue weighted by molar-refractivity contribution is 8.00. The molecule has 7 heteroatoms. The van der Waals surface area contributed by atoms with Gasteiger partial charge in [-0.2, -0.15) is 5.26 Å². The number of primary amides is 1. The van der Waals surface area contributed by atoms with Crippen molar-refractivity contribution in [2.75, 3.05) is 5.75 Å². The Kier molecular flexibility index (Phi) is 5.78. The highest BCUT2D eigenvalue weighted by Crippen LogP contribution is 2.48. The van der Waals surface area contributed by atoms with Crippen molar-refractivity contribution in [3.8, 4) is 6.07 Å². The quantitative estimate of drug-likeness (QED) is 0.733. The molecule has 2 aromatic rings. The van der Waals surface area contributed by atoms with Crippen molar-refractivity contribution in [3.63, 3.8) is 0 Å². The van der Waals surface area contributed by atoms with E-state index in [1.54, 1.807) is 6.92 Å². The van der Waals surface area contributed by atoms with Crippen LogP contribution < -0.4 is 5.73 Å². The molecule has 1 aliphatic rings. The molecule has 150 valence electrons. The van der Waals surface area contributed by atoms with Gasteiger partial charge in [0.25, 0.3) is 0 Å². The zero-order valence-electron chi connectivity index (χ0n) is 16.6. The minimum Gasteiger partial charge on any atom is -0.389 e. The van der Waals surface area contributed by atoms with E-state index in [0.717, 1.165) is 22.9 Å². The summed E-state index contributed by atoms with van der Waals surface area (Å²) in [5, 5.41) is 21.6. The van der Waals surface area contributed by atoms with E-state index in [0.29, 0.717) is 21.8 Å². The van der Waals surface area contributed by atoms with Crippen LogP contribution in [0.2, 0.25) is 0 Å². The van der Waals surface area contributed by atoms with Gasteiger partial charge in [0.1, 0.15) is 16.9 Å². The van der Waals surface area contributed by atoms with E-state index >= 15 is 0 Å². The molecule has 0 spiro atoms. The number of rotatable bonds is 5. The van der Waals surface area contributed by atoms with Crippen molar-refractivity contribution in [2.24, 2.45) is 11.7 Å². The van der Waals surface area contributed by atoms with E-state index in [1.807, 2.05) is 37.3 Å². The van der Waals surface area contributed by atoms with Gasteiger partial charge in [-0.3, -0.25) is 9.59 Å². The molecule has 29 heavy (non-hydrogen) atoms. The average Bonchev–Trinajstić information content (AvgIpc) is 2.65. The number of hydrogen-bond donors (Lipinski definition) is 2. The summed E-state index contributed by atoms with van der Waals surface area (Å²) in [6.45, 7) is 4.97. The predicted molar refractivity (Wildman–Crippen MR) is 110 cm³/mol. The van der Waals surface area contributed by atoms with Crippen LogP contribution in [0.1, 0.15) is 47.7 Å².